The third-order valence-electron chi connectivity index (χ3n) is 3.39. The summed E-state index contributed by atoms with van der Waals surface area (Å²) in [7, 11) is 0. The number of unbranched alkanes of at least 4 members (excludes halogenated alkanes) is 4. The molecule has 1 unspecified atom stereocenters. The summed E-state index contributed by atoms with van der Waals surface area (Å²) in [5.41, 5.74) is 1.18. The summed E-state index contributed by atoms with van der Waals surface area (Å²) in [6.07, 6.45) is 11.0. The van der Waals surface area contributed by atoms with Crippen molar-refractivity contribution in [1.29, 1.82) is 0 Å². The largest absolute Gasteiger partial charge is 0.314 e. The second-order valence-electron chi connectivity index (χ2n) is 5.13. The van der Waals surface area contributed by atoms with Gasteiger partial charge in [0.1, 0.15) is 0 Å². The van der Waals surface area contributed by atoms with Gasteiger partial charge in [0, 0.05) is 28.8 Å². The average Bonchev–Trinajstić information content (AvgIpc) is 2.41. The highest BCUT2D eigenvalue weighted by Crippen LogP contribution is 2.12. The molecule has 1 atom stereocenters. The number of hydrogen-bond acceptors (Lipinski definition) is 2. The molecule has 1 heterocycles. The lowest BCUT2D eigenvalue weighted by atomic mass is 10.0. The van der Waals surface area contributed by atoms with E-state index in [0.717, 1.165) is 17.4 Å². The Morgan fingerprint density at radius 3 is 2.58 bits per heavy atom. The van der Waals surface area contributed by atoms with Crippen molar-refractivity contribution in [2.24, 2.45) is 0 Å². The molecule has 2 nitrogen and oxygen atoms in total. The van der Waals surface area contributed by atoms with Gasteiger partial charge in [-0.3, -0.25) is 4.98 Å². The van der Waals surface area contributed by atoms with Crippen LogP contribution in [0.15, 0.2) is 22.8 Å². The van der Waals surface area contributed by atoms with Crippen molar-refractivity contribution >= 4 is 15.9 Å². The molecule has 0 saturated heterocycles. The van der Waals surface area contributed by atoms with Crippen LogP contribution in [0, 0.1) is 0 Å². The van der Waals surface area contributed by atoms with E-state index >= 15 is 0 Å². The van der Waals surface area contributed by atoms with Crippen LogP contribution in [0.5, 0.6) is 0 Å². The SMILES string of the molecule is CCCCCCCC(Cc1ccc(Br)cn1)NCC. The van der Waals surface area contributed by atoms with Crippen LogP contribution in [0.25, 0.3) is 0 Å². The summed E-state index contributed by atoms with van der Waals surface area (Å²) in [6.45, 7) is 5.48. The lowest BCUT2D eigenvalue weighted by Gasteiger charge is -2.17. The molecule has 0 saturated carbocycles. The Morgan fingerprint density at radius 1 is 1.16 bits per heavy atom. The standard InChI is InChI=1S/C16H27BrN2/c1-3-5-6-7-8-9-15(18-4-2)12-16-11-10-14(17)13-19-16/h10-11,13,15,18H,3-9,12H2,1-2H3. The van der Waals surface area contributed by atoms with Gasteiger partial charge in [0.15, 0.2) is 0 Å². The van der Waals surface area contributed by atoms with E-state index in [1.165, 1.54) is 44.2 Å². The predicted molar refractivity (Wildman–Crippen MR) is 86.5 cm³/mol. The topological polar surface area (TPSA) is 24.9 Å². The van der Waals surface area contributed by atoms with Crippen LogP contribution in [0.1, 0.15) is 58.1 Å². The van der Waals surface area contributed by atoms with E-state index in [2.05, 4.69) is 52.2 Å². The van der Waals surface area contributed by atoms with Crippen LogP contribution in [-0.2, 0) is 6.42 Å². The molecule has 0 amide bonds. The molecule has 1 aromatic rings. The minimum atomic E-state index is 0.570. The van der Waals surface area contributed by atoms with E-state index in [-0.39, 0.29) is 0 Å². The Morgan fingerprint density at radius 2 is 1.95 bits per heavy atom. The summed E-state index contributed by atoms with van der Waals surface area (Å²) >= 11 is 3.43. The molecule has 0 aliphatic carbocycles. The zero-order valence-electron chi connectivity index (χ0n) is 12.3. The Labute approximate surface area is 126 Å². The molecule has 1 N–H and O–H groups in total. The number of aromatic nitrogens is 1. The van der Waals surface area contributed by atoms with E-state index in [4.69, 9.17) is 0 Å². The van der Waals surface area contributed by atoms with Crippen molar-refractivity contribution in [2.75, 3.05) is 6.54 Å². The second-order valence-corrected chi connectivity index (χ2v) is 6.05. The minimum absolute atomic E-state index is 0.570. The molecular weight excluding hydrogens is 300 g/mol. The van der Waals surface area contributed by atoms with Crippen LogP contribution in [0.4, 0.5) is 0 Å². The molecule has 108 valence electrons. The lowest BCUT2D eigenvalue weighted by Crippen LogP contribution is -2.31. The molecule has 19 heavy (non-hydrogen) atoms. The summed E-state index contributed by atoms with van der Waals surface area (Å²) in [4.78, 5) is 4.47. The van der Waals surface area contributed by atoms with Gasteiger partial charge in [0.25, 0.3) is 0 Å². The monoisotopic (exact) mass is 326 g/mol. The molecule has 0 aliphatic rings. The van der Waals surface area contributed by atoms with Gasteiger partial charge < -0.3 is 5.32 Å². The maximum atomic E-state index is 4.47. The van der Waals surface area contributed by atoms with E-state index in [0.29, 0.717) is 6.04 Å². The maximum absolute atomic E-state index is 4.47. The molecule has 3 heteroatoms. The first kappa shape index (κ1) is 16.6. The predicted octanol–water partition coefficient (Wildman–Crippen LogP) is 4.73. The van der Waals surface area contributed by atoms with Gasteiger partial charge in [-0.15, -0.1) is 0 Å². The average molecular weight is 327 g/mol. The van der Waals surface area contributed by atoms with Crippen LogP contribution in [0.2, 0.25) is 0 Å². The molecule has 0 spiro atoms. The zero-order chi connectivity index (χ0) is 13.9. The lowest BCUT2D eigenvalue weighted by molar-refractivity contribution is 0.458. The first-order valence-electron chi connectivity index (χ1n) is 7.60. The van der Waals surface area contributed by atoms with Crippen LogP contribution >= 0.6 is 15.9 Å². The van der Waals surface area contributed by atoms with Crippen molar-refractivity contribution in [3.8, 4) is 0 Å². The summed E-state index contributed by atoms with van der Waals surface area (Å²) in [5.74, 6) is 0. The first-order chi connectivity index (χ1) is 9.26. The van der Waals surface area contributed by atoms with Crippen molar-refractivity contribution < 1.29 is 0 Å². The molecule has 1 aromatic heterocycles. The fraction of sp³-hybridized carbons (Fsp3) is 0.688. The third kappa shape index (κ3) is 7.68. The fourth-order valence-electron chi connectivity index (χ4n) is 2.34. The van der Waals surface area contributed by atoms with E-state index in [9.17, 15) is 0 Å². The molecule has 0 aromatic carbocycles. The van der Waals surface area contributed by atoms with Crippen molar-refractivity contribution in [2.45, 2.75) is 64.8 Å². The number of rotatable bonds is 10. The van der Waals surface area contributed by atoms with Gasteiger partial charge in [-0.2, -0.15) is 0 Å². The summed E-state index contributed by atoms with van der Waals surface area (Å²) < 4.78 is 1.05. The Bertz CT molecular complexity index is 324. The van der Waals surface area contributed by atoms with Gasteiger partial charge in [-0.05, 0) is 41.0 Å². The van der Waals surface area contributed by atoms with Crippen LogP contribution < -0.4 is 5.32 Å². The number of nitrogens with zero attached hydrogens (tertiary/aromatic N) is 1. The van der Waals surface area contributed by atoms with Crippen molar-refractivity contribution in [3.05, 3.63) is 28.5 Å². The highest BCUT2D eigenvalue weighted by atomic mass is 79.9. The maximum Gasteiger partial charge on any atom is 0.0419 e. The second kappa shape index (κ2) is 10.4. The Kier molecular flexibility index (Phi) is 9.10. The molecule has 0 aliphatic heterocycles. The molecule has 1 rings (SSSR count). The fourth-order valence-corrected chi connectivity index (χ4v) is 2.57. The van der Waals surface area contributed by atoms with Crippen molar-refractivity contribution in [1.82, 2.24) is 10.3 Å². The zero-order valence-corrected chi connectivity index (χ0v) is 13.9. The Balaban J connectivity index is 2.33. The highest BCUT2D eigenvalue weighted by Gasteiger charge is 2.08. The number of likely N-dealkylation sites (N-methyl/N-ethyl adjacent to an activating group) is 1. The quantitative estimate of drug-likeness (QED) is 0.629. The van der Waals surface area contributed by atoms with E-state index in [1.807, 2.05) is 6.20 Å². The first-order valence-corrected chi connectivity index (χ1v) is 8.39. The number of halogens is 1. The number of nitrogens with one attached hydrogen (secondary N) is 1. The number of hydrogen-bond donors (Lipinski definition) is 1. The van der Waals surface area contributed by atoms with Gasteiger partial charge in [0.2, 0.25) is 0 Å². The third-order valence-corrected chi connectivity index (χ3v) is 3.86. The summed E-state index contributed by atoms with van der Waals surface area (Å²) in [5, 5.41) is 3.58. The molecule has 0 radical (unpaired) electrons. The smallest absolute Gasteiger partial charge is 0.0419 e. The minimum Gasteiger partial charge on any atom is -0.314 e. The van der Waals surface area contributed by atoms with Crippen LogP contribution in [0.3, 0.4) is 0 Å². The molecule has 0 bridgehead atoms. The summed E-state index contributed by atoms with van der Waals surface area (Å²) in [6, 6.07) is 4.76. The number of pyridine rings is 1. The van der Waals surface area contributed by atoms with E-state index in [1.54, 1.807) is 0 Å². The van der Waals surface area contributed by atoms with Gasteiger partial charge in [-0.1, -0.05) is 46.0 Å². The Hall–Kier alpha value is -0.410. The van der Waals surface area contributed by atoms with Crippen molar-refractivity contribution in [3.63, 3.8) is 0 Å². The van der Waals surface area contributed by atoms with E-state index < -0.39 is 0 Å². The van der Waals surface area contributed by atoms with Gasteiger partial charge in [0.05, 0.1) is 0 Å². The highest BCUT2D eigenvalue weighted by molar-refractivity contribution is 9.10. The van der Waals surface area contributed by atoms with Gasteiger partial charge >= 0.3 is 0 Å². The molecular formula is C16H27BrN2. The normalized spacial score (nSPS) is 12.6. The molecule has 0 fully saturated rings. The van der Waals surface area contributed by atoms with Gasteiger partial charge in [-0.25, -0.2) is 0 Å². The van der Waals surface area contributed by atoms with Crippen LogP contribution in [-0.4, -0.2) is 17.6 Å².